The van der Waals surface area contributed by atoms with Gasteiger partial charge in [0.15, 0.2) is 0 Å². The topological polar surface area (TPSA) is 89.7 Å². The highest BCUT2D eigenvalue weighted by molar-refractivity contribution is 5.57. The zero-order valence-corrected chi connectivity index (χ0v) is 30.2. The Balaban J connectivity index is 1.94. The highest BCUT2D eigenvalue weighted by atomic mass is 16.7. The lowest BCUT2D eigenvalue weighted by Crippen LogP contribution is -2.16. The van der Waals surface area contributed by atoms with Crippen molar-refractivity contribution in [1.82, 2.24) is 0 Å². The summed E-state index contributed by atoms with van der Waals surface area (Å²) in [4.78, 5) is 21.5. The van der Waals surface area contributed by atoms with Crippen LogP contribution >= 0.6 is 0 Å². The lowest BCUT2D eigenvalue weighted by atomic mass is 10.0. The highest BCUT2D eigenvalue weighted by Crippen LogP contribution is 2.18. The van der Waals surface area contributed by atoms with Gasteiger partial charge in [-0.05, 0) is 108 Å². The molecule has 0 amide bonds. The number of hydrogen-bond donors (Lipinski definition) is 1. The number of non-ortho nitro benzene ring substituents is 1. The Kier molecular flexibility index (Phi) is 28.9. The van der Waals surface area contributed by atoms with Crippen LogP contribution in [0.4, 0.5) is 10.5 Å². The Morgan fingerprint density at radius 2 is 1.06 bits per heavy atom. The van der Waals surface area contributed by atoms with E-state index in [9.17, 15) is 14.9 Å². The first-order valence-electron chi connectivity index (χ1n) is 19.3. The van der Waals surface area contributed by atoms with Gasteiger partial charge in [0.25, 0.3) is 5.69 Å². The third kappa shape index (κ3) is 27.9. The van der Waals surface area contributed by atoms with Crippen molar-refractivity contribution in [3.05, 3.63) is 88.6 Å². The zero-order chi connectivity index (χ0) is 34.8. The van der Waals surface area contributed by atoms with Crippen LogP contribution in [-0.2, 0) is 11.2 Å². The van der Waals surface area contributed by atoms with Gasteiger partial charge in [-0.3, -0.25) is 10.1 Å². The Hall–Kier alpha value is -3.15. The molecule has 1 aromatic rings. The van der Waals surface area contributed by atoms with E-state index in [-0.39, 0.29) is 16.7 Å². The molecule has 270 valence electrons. The minimum atomic E-state index is -1.14. The fourth-order valence-electron chi connectivity index (χ4n) is 5.81. The molecule has 1 atom stereocenters. The van der Waals surface area contributed by atoms with Gasteiger partial charge in [0.1, 0.15) is 6.10 Å². The number of allylic oxidation sites excluding steroid dienone is 8. The van der Waals surface area contributed by atoms with Crippen molar-refractivity contribution in [2.45, 2.75) is 174 Å². The van der Waals surface area contributed by atoms with Crippen LogP contribution in [0.5, 0.6) is 0 Å². The monoisotopic (exact) mass is 666 g/mol. The maximum atomic E-state index is 11.2. The molecular formula is C42H67NO5. The van der Waals surface area contributed by atoms with Crippen LogP contribution in [-0.4, -0.2) is 22.3 Å². The van der Waals surface area contributed by atoms with Crippen LogP contribution < -0.4 is 0 Å². The van der Waals surface area contributed by atoms with Crippen LogP contribution in [0.3, 0.4) is 0 Å². The minimum Gasteiger partial charge on any atom is -0.450 e. The van der Waals surface area contributed by atoms with Crippen LogP contribution in [0, 0.1) is 10.1 Å². The molecule has 1 N–H and O–H groups in total. The van der Waals surface area contributed by atoms with E-state index in [4.69, 9.17) is 9.84 Å². The molecule has 0 aliphatic rings. The van der Waals surface area contributed by atoms with Crippen molar-refractivity contribution in [2.75, 3.05) is 0 Å². The molecule has 1 rings (SSSR count). The molecule has 0 bridgehead atoms. The number of unbranched alkanes of at least 4 members (excludes halogenated alkanes) is 16. The summed E-state index contributed by atoms with van der Waals surface area (Å²) in [6.45, 7) is 2.24. The number of ether oxygens (including phenoxy) is 1. The van der Waals surface area contributed by atoms with Crippen molar-refractivity contribution in [1.29, 1.82) is 0 Å². The number of rotatable bonds is 32. The lowest BCUT2D eigenvalue weighted by molar-refractivity contribution is -0.384. The van der Waals surface area contributed by atoms with Crippen LogP contribution in [0.2, 0.25) is 0 Å². The van der Waals surface area contributed by atoms with Crippen LogP contribution in [0.1, 0.15) is 167 Å². The molecule has 6 nitrogen and oxygen atoms in total. The molecular weight excluding hydrogens is 598 g/mol. The van der Waals surface area contributed by atoms with Gasteiger partial charge in [-0.25, -0.2) is 4.79 Å². The second kappa shape index (κ2) is 32.4. The summed E-state index contributed by atoms with van der Waals surface area (Å²) in [5, 5.41) is 19.9. The Bertz CT molecular complexity index is 1030. The molecule has 0 radical (unpaired) electrons. The van der Waals surface area contributed by atoms with Gasteiger partial charge >= 0.3 is 6.16 Å². The Morgan fingerprint density at radius 3 is 1.50 bits per heavy atom. The average molecular weight is 666 g/mol. The first kappa shape index (κ1) is 42.9. The van der Waals surface area contributed by atoms with E-state index in [0.29, 0.717) is 0 Å². The molecule has 0 aliphatic heterocycles. The summed E-state index contributed by atoms with van der Waals surface area (Å²) in [6, 6.07) is 6.90. The summed E-state index contributed by atoms with van der Waals surface area (Å²) in [7, 11) is 0. The zero-order valence-electron chi connectivity index (χ0n) is 30.2. The predicted octanol–water partition coefficient (Wildman–Crippen LogP) is 13.8. The number of nitrogens with zero attached hydrogens (tertiary/aromatic N) is 1. The number of carbonyl (C=O) groups is 1. The van der Waals surface area contributed by atoms with Gasteiger partial charge in [0.2, 0.25) is 0 Å². The highest BCUT2D eigenvalue weighted by Gasteiger charge is 2.13. The number of aryl methyl sites for hydroxylation is 1. The first-order chi connectivity index (χ1) is 23.5. The van der Waals surface area contributed by atoms with E-state index in [1.165, 1.54) is 82.6 Å². The molecule has 48 heavy (non-hydrogen) atoms. The summed E-state index contributed by atoms with van der Waals surface area (Å²) >= 11 is 0. The van der Waals surface area contributed by atoms with Crippen molar-refractivity contribution < 1.29 is 19.6 Å². The third-order valence-corrected chi connectivity index (χ3v) is 8.73. The molecule has 0 heterocycles. The summed E-state index contributed by atoms with van der Waals surface area (Å²) < 4.78 is 5.19. The van der Waals surface area contributed by atoms with Crippen LogP contribution in [0.25, 0.3) is 0 Å². The van der Waals surface area contributed by atoms with Crippen molar-refractivity contribution in [2.24, 2.45) is 0 Å². The SMILES string of the molecule is CCCCCC=CCC=CCCCCCCCC(CCCCCCCC=CCC=CCCCCCc1ccc([N+](=O)[O-])cc1)OC(=O)O. The average Bonchev–Trinajstić information content (AvgIpc) is 3.07. The third-order valence-electron chi connectivity index (χ3n) is 8.73. The van der Waals surface area contributed by atoms with Gasteiger partial charge < -0.3 is 9.84 Å². The molecule has 1 unspecified atom stereocenters. The fraction of sp³-hybridized carbons (Fsp3) is 0.643. The number of carboxylic acid groups (broad SMARTS) is 1. The molecule has 0 aliphatic carbocycles. The first-order valence-corrected chi connectivity index (χ1v) is 19.3. The molecule has 6 heteroatoms. The van der Waals surface area contributed by atoms with Gasteiger partial charge in [0.05, 0.1) is 4.92 Å². The smallest absolute Gasteiger partial charge is 0.450 e. The van der Waals surface area contributed by atoms with E-state index < -0.39 is 6.16 Å². The van der Waals surface area contributed by atoms with Crippen molar-refractivity contribution >= 4 is 11.8 Å². The van der Waals surface area contributed by atoms with Crippen molar-refractivity contribution in [3.8, 4) is 0 Å². The van der Waals surface area contributed by atoms with E-state index in [0.717, 1.165) is 83.5 Å². The maximum absolute atomic E-state index is 11.2. The molecule has 0 saturated heterocycles. The second-order valence-corrected chi connectivity index (χ2v) is 13.1. The Labute approximate surface area is 293 Å². The number of hydrogen-bond acceptors (Lipinski definition) is 4. The van der Waals surface area contributed by atoms with Gasteiger partial charge in [-0.1, -0.05) is 125 Å². The summed E-state index contributed by atoms with van der Waals surface area (Å²) in [5.74, 6) is 0. The molecule has 0 spiro atoms. The van der Waals surface area contributed by atoms with Gasteiger partial charge in [-0.2, -0.15) is 0 Å². The fourth-order valence-corrected chi connectivity index (χ4v) is 5.81. The Morgan fingerprint density at radius 1 is 0.646 bits per heavy atom. The van der Waals surface area contributed by atoms with Crippen LogP contribution in [0.15, 0.2) is 72.9 Å². The van der Waals surface area contributed by atoms with Gasteiger partial charge in [0, 0.05) is 12.1 Å². The van der Waals surface area contributed by atoms with Crippen molar-refractivity contribution in [3.63, 3.8) is 0 Å². The largest absolute Gasteiger partial charge is 0.506 e. The molecule has 0 aromatic heterocycles. The molecule has 1 aromatic carbocycles. The van der Waals surface area contributed by atoms with E-state index >= 15 is 0 Å². The molecule has 0 saturated carbocycles. The molecule has 0 fully saturated rings. The predicted molar refractivity (Wildman–Crippen MR) is 203 cm³/mol. The van der Waals surface area contributed by atoms with Gasteiger partial charge in [-0.15, -0.1) is 0 Å². The summed E-state index contributed by atoms with van der Waals surface area (Å²) in [6.07, 6.45) is 45.3. The number of nitro groups is 1. The number of benzene rings is 1. The maximum Gasteiger partial charge on any atom is 0.506 e. The quantitative estimate of drug-likeness (QED) is 0.0272. The second-order valence-electron chi connectivity index (χ2n) is 13.1. The minimum absolute atomic E-state index is 0.154. The normalized spacial score (nSPS) is 12.6. The standard InChI is InChI=1S/C42H67NO5/c1-2-3-4-5-6-7-8-9-11-15-18-21-24-27-30-33-41(48-42(44)45)34-31-28-25-22-19-16-13-10-12-14-17-20-23-26-29-32-39-35-37-40(38-36-39)43(46)47/h6-7,9-11,13-14,17,35-38,41H,2-5,8,12,15-16,18-34H2,1H3,(H,44,45). The van der Waals surface area contributed by atoms with E-state index in [1.54, 1.807) is 12.1 Å². The number of nitro benzene ring substituents is 1. The van der Waals surface area contributed by atoms with E-state index in [2.05, 4.69) is 55.5 Å². The lowest BCUT2D eigenvalue weighted by Gasteiger charge is -2.15. The summed E-state index contributed by atoms with van der Waals surface area (Å²) in [5.41, 5.74) is 1.32. The van der Waals surface area contributed by atoms with E-state index in [1.807, 2.05) is 12.1 Å².